The van der Waals surface area contributed by atoms with Crippen LogP contribution in [0.25, 0.3) is 11.3 Å². The lowest BCUT2D eigenvalue weighted by atomic mass is 10.1. The van der Waals surface area contributed by atoms with E-state index >= 15 is 0 Å². The molecule has 3 rings (SSSR count). The lowest BCUT2D eigenvalue weighted by Gasteiger charge is -2.26. The van der Waals surface area contributed by atoms with Crippen LogP contribution in [0.4, 0.5) is 9.18 Å². The number of nitrogens with zero attached hydrogens (tertiary/aromatic N) is 3. The molecule has 1 aromatic carbocycles. The highest BCUT2D eigenvalue weighted by Crippen LogP contribution is 2.24. The molecule has 0 atom stereocenters. The van der Waals surface area contributed by atoms with Gasteiger partial charge in [0.1, 0.15) is 11.4 Å². The first-order valence-electron chi connectivity index (χ1n) is 9.23. The van der Waals surface area contributed by atoms with Crippen LogP contribution in [0.1, 0.15) is 37.7 Å². The maximum atomic E-state index is 13.9. The van der Waals surface area contributed by atoms with E-state index in [0.717, 1.165) is 0 Å². The monoisotopic (exact) mass is 389 g/mol. The van der Waals surface area contributed by atoms with Gasteiger partial charge in [-0.05, 0) is 39.3 Å². The smallest absolute Gasteiger partial charge is 0.410 e. The number of hydrogen-bond donors (Lipinski definition) is 0. The normalized spacial score (nSPS) is 15.3. The molecule has 28 heavy (non-hydrogen) atoms. The average Bonchev–Trinajstić information content (AvgIpc) is 2.97. The average molecular weight is 389 g/mol. The fourth-order valence-electron chi connectivity index (χ4n) is 2.96. The van der Waals surface area contributed by atoms with Gasteiger partial charge in [0, 0.05) is 32.2 Å². The fraction of sp³-hybridized carbons (Fsp3) is 0.450. The minimum absolute atomic E-state index is 0.115. The Bertz CT molecular complexity index is 859. The Labute approximate surface area is 163 Å². The van der Waals surface area contributed by atoms with E-state index in [9.17, 15) is 14.0 Å². The second-order valence-corrected chi connectivity index (χ2v) is 7.67. The van der Waals surface area contributed by atoms with Crippen LogP contribution in [-0.2, 0) is 4.74 Å². The van der Waals surface area contributed by atoms with Gasteiger partial charge in [0.15, 0.2) is 11.5 Å². The highest BCUT2D eigenvalue weighted by atomic mass is 19.1. The van der Waals surface area contributed by atoms with Crippen LogP contribution < -0.4 is 0 Å². The van der Waals surface area contributed by atoms with E-state index in [-0.39, 0.29) is 29.0 Å². The number of ether oxygens (including phenoxy) is 1. The first-order valence-corrected chi connectivity index (χ1v) is 9.23. The summed E-state index contributed by atoms with van der Waals surface area (Å²) in [6, 6.07) is 7.59. The Morgan fingerprint density at radius 2 is 1.79 bits per heavy atom. The molecule has 2 heterocycles. The predicted molar refractivity (Wildman–Crippen MR) is 100 cm³/mol. The zero-order valence-electron chi connectivity index (χ0n) is 16.3. The molecule has 1 aliphatic heterocycles. The van der Waals surface area contributed by atoms with Gasteiger partial charge in [-0.1, -0.05) is 17.3 Å². The summed E-state index contributed by atoms with van der Waals surface area (Å²) >= 11 is 0. The van der Waals surface area contributed by atoms with Crippen LogP contribution in [0, 0.1) is 5.82 Å². The van der Waals surface area contributed by atoms with Crippen LogP contribution in [0.5, 0.6) is 0 Å². The van der Waals surface area contributed by atoms with Crippen LogP contribution in [0.3, 0.4) is 0 Å². The molecule has 0 N–H and O–H groups in total. The Balaban J connectivity index is 1.66. The fourth-order valence-corrected chi connectivity index (χ4v) is 2.96. The predicted octanol–water partition coefficient (Wildman–Crippen LogP) is 3.56. The largest absolute Gasteiger partial charge is 0.444 e. The maximum absolute atomic E-state index is 13.9. The van der Waals surface area contributed by atoms with E-state index in [1.807, 2.05) is 20.8 Å². The van der Waals surface area contributed by atoms with Gasteiger partial charge in [0.25, 0.3) is 5.91 Å². The molecule has 1 aliphatic rings. The maximum Gasteiger partial charge on any atom is 0.410 e. The van der Waals surface area contributed by atoms with E-state index in [1.165, 1.54) is 12.1 Å². The van der Waals surface area contributed by atoms with Crippen molar-refractivity contribution in [2.75, 3.05) is 26.2 Å². The molecule has 1 saturated heterocycles. The van der Waals surface area contributed by atoms with Crippen molar-refractivity contribution in [2.24, 2.45) is 0 Å². The molecule has 150 valence electrons. The van der Waals surface area contributed by atoms with Crippen LogP contribution in [-0.4, -0.2) is 58.7 Å². The van der Waals surface area contributed by atoms with Gasteiger partial charge < -0.3 is 19.1 Å². The highest BCUT2D eigenvalue weighted by molar-refractivity contribution is 5.93. The van der Waals surface area contributed by atoms with Crippen molar-refractivity contribution in [3.05, 3.63) is 41.8 Å². The molecular formula is C20H24FN3O4. The Morgan fingerprint density at radius 3 is 2.50 bits per heavy atom. The van der Waals surface area contributed by atoms with Gasteiger partial charge in [0.2, 0.25) is 0 Å². The number of carbonyl (C=O) groups is 2. The van der Waals surface area contributed by atoms with Crippen molar-refractivity contribution in [2.45, 2.75) is 32.8 Å². The number of rotatable bonds is 2. The third kappa shape index (κ3) is 4.68. The molecule has 0 saturated carbocycles. The van der Waals surface area contributed by atoms with Gasteiger partial charge in [-0.3, -0.25) is 4.79 Å². The molecule has 0 radical (unpaired) electrons. The molecule has 7 nitrogen and oxygen atoms in total. The minimum atomic E-state index is -0.567. The first-order chi connectivity index (χ1) is 13.2. The van der Waals surface area contributed by atoms with E-state index in [1.54, 1.807) is 28.0 Å². The number of amides is 2. The second kappa shape index (κ2) is 8.00. The number of benzene rings is 1. The summed E-state index contributed by atoms with van der Waals surface area (Å²) in [4.78, 5) is 28.2. The summed E-state index contributed by atoms with van der Waals surface area (Å²) in [5.41, 5.74) is -0.201. The molecule has 2 aromatic rings. The number of halogens is 1. The van der Waals surface area contributed by atoms with Gasteiger partial charge in [-0.15, -0.1) is 0 Å². The summed E-state index contributed by atoms with van der Waals surface area (Å²) in [6.45, 7) is 7.18. The van der Waals surface area contributed by atoms with Crippen molar-refractivity contribution in [1.29, 1.82) is 0 Å². The molecule has 1 aromatic heterocycles. The third-order valence-electron chi connectivity index (χ3n) is 4.30. The molecule has 0 aliphatic carbocycles. The lowest BCUT2D eigenvalue weighted by Crippen LogP contribution is -2.40. The van der Waals surface area contributed by atoms with Crippen LogP contribution in [0.15, 0.2) is 34.9 Å². The number of aromatic nitrogens is 1. The zero-order chi connectivity index (χ0) is 20.3. The SMILES string of the molecule is CC(C)(C)OC(=O)N1CCCN(C(=O)c2cc(-c3ccccc3F)on2)CC1. The van der Waals surface area contributed by atoms with Gasteiger partial charge in [0.05, 0.1) is 5.56 Å². The van der Waals surface area contributed by atoms with E-state index in [0.29, 0.717) is 32.6 Å². The van der Waals surface area contributed by atoms with Gasteiger partial charge >= 0.3 is 6.09 Å². The topological polar surface area (TPSA) is 75.9 Å². The van der Waals surface area contributed by atoms with Crippen molar-refractivity contribution < 1.29 is 23.2 Å². The molecule has 0 bridgehead atoms. The summed E-state index contributed by atoms with van der Waals surface area (Å²) in [7, 11) is 0. The molecular weight excluding hydrogens is 365 g/mol. The summed E-state index contributed by atoms with van der Waals surface area (Å²) in [6.07, 6.45) is 0.244. The minimum Gasteiger partial charge on any atom is -0.444 e. The summed E-state index contributed by atoms with van der Waals surface area (Å²) in [5.74, 6) is -0.551. The quantitative estimate of drug-likeness (QED) is 0.785. The number of hydrogen-bond acceptors (Lipinski definition) is 5. The van der Waals surface area contributed by atoms with E-state index in [4.69, 9.17) is 9.26 Å². The van der Waals surface area contributed by atoms with Crippen molar-refractivity contribution >= 4 is 12.0 Å². The molecule has 1 fully saturated rings. The molecule has 2 amide bonds. The van der Waals surface area contributed by atoms with E-state index < -0.39 is 11.4 Å². The lowest BCUT2D eigenvalue weighted by molar-refractivity contribution is 0.0255. The third-order valence-corrected chi connectivity index (χ3v) is 4.30. The Morgan fingerprint density at radius 1 is 1.11 bits per heavy atom. The van der Waals surface area contributed by atoms with Crippen LogP contribution in [0.2, 0.25) is 0 Å². The molecule has 0 unspecified atom stereocenters. The van der Waals surface area contributed by atoms with Crippen molar-refractivity contribution in [3.63, 3.8) is 0 Å². The molecule has 0 spiro atoms. The second-order valence-electron chi connectivity index (χ2n) is 7.67. The Hall–Kier alpha value is -2.90. The summed E-state index contributed by atoms with van der Waals surface area (Å²) < 4.78 is 24.5. The number of carbonyl (C=O) groups excluding carboxylic acids is 2. The van der Waals surface area contributed by atoms with Gasteiger partial charge in [-0.2, -0.15) is 0 Å². The Kier molecular flexibility index (Phi) is 5.67. The standard InChI is InChI=1S/C20H24FN3O4/c1-20(2,3)27-19(26)24-10-6-9-23(11-12-24)18(25)16-13-17(28-22-16)14-7-4-5-8-15(14)21/h4-5,7-8,13H,6,9-12H2,1-3H3. The van der Waals surface area contributed by atoms with Gasteiger partial charge in [-0.25, -0.2) is 9.18 Å². The first kappa shape index (κ1) is 19.9. The molecule has 8 heteroatoms. The van der Waals surface area contributed by atoms with Crippen molar-refractivity contribution in [1.82, 2.24) is 15.0 Å². The van der Waals surface area contributed by atoms with Crippen LogP contribution >= 0.6 is 0 Å². The summed E-state index contributed by atoms with van der Waals surface area (Å²) in [5, 5.41) is 3.80. The zero-order valence-corrected chi connectivity index (χ0v) is 16.3. The van der Waals surface area contributed by atoms with Crippen molar-refractivity contribution in [3.8, 4) is 11.3 Å². The highest BCUT2D eigenvalue weighted by Gasteiger charge is 2.27. The van der Waals surface area contributed by atoms with E-state index in [2.05, 4.69) is 5.16 Å².